The van der Waals surface area contributed by atoms with Gasteiger partial charge in [0, 0.05) is 25.0 Å². The summed E-state index contributed by atoms with van der Waals surface area (Å²) in [7, 11) is 2.15. The highest BCUT2D eigenvalue weighted by Crippen LogP contribution is 2.62. The highest BCUT2D eigenvalue weighted by atomic mass is 16.7. The molecule has 1 spiro atoms. The maximum atomic E-state index is 6.71. The van der Waals surface area contributed by atoms with E-state index in [2.05, 4.69) is 75.0 Å². The van der Waals surface area contributed by atoms with Crippen molar-refractivity contribution in [2.45, 2.75) is 70.7 Å². The number of hydroxylamine groups is 2. The van der Waals surface area contributed by atoms with E-state index in [0.717, 1.165) is 6.54 Å². The summed E-state index contributed by atoms with van der Waals surface area (Å²) >= 11 is 0. The molecule has 3 heteroatoms. The van der Waals surface area contributed by atoms with Crippen LogP contribution in [0.5, 0.6) is 0 Å². The number of nitrogens with zero attached hydrogens (tertiary/aromatic N) is 2. The molecule has 2 saturated heterocycles. The Kier molecular flexibility index (Phi) is 3.83. The second kappa shape index (κ2) is 5.55. The summed E-state index contributed by atoms with van der Waals surface area (Å²) in [5.74, 6) is 0.539. The lowest BCUT2D eigenvalue weighted by Gasteiger charge is -2.41. The van der Waals surface area contributed by atoms with Crippen LogP contribution in [0.1, 0.15) is 58.6 Å². The smallest absolute Gasteiger partial charge is 0.112 e. The van der Waals surface area contributed by atoms with E-state index in [1.807, 2.05) is 0 Å². The van der Waals surface area contributed by atoms with Crippen LogP contribution < -0.4 is 0 Å². The Morgan fingerprint density at radius 2 is 1.92 bits per heavy atom. The van der Waals surface area contributed by atoms with Crippen LogP contribution in [0.3, 0.4) is 0 Å². The van der Waals surface area contributed by atoms with E-state index in [-0.39, 0.29) is 11.0 Å². The highest BCUT2D eigenvalue weighted by Gasteiger charge is 2.70. The molecule has 5 atom stereocenters. The van der Waals surface area contributed by atoms with Crippen molar-refractivity contribution < 1.29 is 4.84 Å². The zero-order valence-corrected chi connectivity index (χ0v) is 15.8. The third-order valence-corrected chi connectivity index (χ3v) is 6.71. The van der Waals surface area contributed by atoms with Gasteiger partial charge >= 0.3 is 0 Å². The molecule has 24 heavy (non-hydrogen) atoms. The molecule has 1 aromatic carbocycles. The lowest BCUT2D eigenvalue weighted by atomic mass is 9.70. The minimum Gasteiger partial charge on any atom is -0.294 e. The molecule has 0 amide bonds. The Bertz CT molecular complexity index is 596. The van der Waals surface area contributed by atoms with E-state index in [1.54, 1.807) is 0 Å². The van der Waals surface area contributed by atoms with Gasteiger partial charge in [0.2, 0.25) is 0 Å². The number of likely N-dealkylation sites (tertiary alicyclic amines) is 1. The fourth-order valence-electron chi connectivity index (χ4n) is 6.16. The van der Waals surface area contributed by atoms with E-state index in [9.17, 15) is 0 Å². The highest BCUT2D eigenvalue weighted by molar-refractivity contribution is 5.28. The van der Waals surface area contributed by atoms with Crippen LogP contribution in [-0.4, -0.2) is 41.2 Å². The van der Waals surface area contributed by atoms with Crippen molar-refractivity contribution in [1.82, 2.24) is 9.96 Å². The minimum atomic E-state index is 0.0171. The Balaban J connectivity index is 1.84. The van der Waals surface area contributed by atoms with Crippen LogP contribution in [-0.2, 0) is 4.84 Å². The molecule has 0 radical (unpaired) electrons. The van der Waals surface area contributed by atoms with Gasteiger partial charge in [0.05, 0.1) is 6.04 Å². The summed E-state index contributed by atoms with van der Waals surface area (Å²) in [5, 5.41) is 2.18. The molecular weight excluding hydrogens is 296 g/mol. The minimum absolute atomic E-state index is 0.0171. The molecular formula is C21H32N2O. The average Bonchev–Trinajstić information content (AvgIpc) is 3.12. The van der Waals surface area contributed by atoms with Crippen molar-refractivity contribution in [2.75, 3.05) is 13.6 Å². The van der Waals surface area contributed by atoms with Crippen molar-refractivity contribution in [2.24, 2.45) is 11.3 Å². The number of likely N-dealkylation sites (N-methyl/N-ethyl adjacent to an activating group) is 1. The second-order valence-corrected chi connectivity index (χ2v) is 9.02. The molecule has 3 aliphatic rings. The van der Waals surface area contributed by atoms with Gasteiger partial charge in [0.15, 0.2) is 0 Å². The second-order valence-electron chi connectivity index (χ2n) is 9.02. The summed E-state index contributed by atoms with van der Waals surface area (Å²) in [5.41, 5.74) is 1.67. The van der Waals surface area contributed by atoms with Gasteiger partial charge in [-0.15, -0.1) is 0 Å². The molecule has 1 aromatic rings. The van der Waals surface area contributed by atoms with Crippen LogP contribution in [0.25, 0.3) is 0 Å². The number of rotatable bonds is 2. The lowest BCUT2D eigenvalue weighted by molar-refractivity contribution is -0.199. The van der Waals surface area contributed by atoms with E-state index < -0.39 is 0 Å². The van der Waals surface area contributed by atoms with Crippen molar-refractivity contribution in [3.63, 3.8) is 0 Å². The maximum absolute atomic E-state index is 6.71. The zero-order chi connectivity index (χ0) is 17.1. The zero-order valence-electron chi connectivity index (χ0n) is 15.8. The van der Waals surface area contributed by atoms with Crippen LogP contribution in [0, 0.1) is 11.3 Å². The third kappa shape index (κ3) is 2.14. The van der Waals surface area contributed by atoms with Gasteiger partial charge in [-0.2, -0.15) is 5.06 Å². The van der Waals surface area contributed by atoms with Crippen molar-refractivity contribution >= 4 is 0 Å². The Hall–Kier alpha value is -0.900. The van der Waals surface area contributed by atoms with Crippen molar-refractivity contribution in [1.29, 1.82) is 0 Å². The topological polar surface area (TPSA) is 15.7 Å². The van der Waals surface area contributed by atoms with Crippen molar-refractivity contribution in [3.05, 3.63) is 35.9 Å². The molecule has 5 unspecified atom stereocenters. The largest absolute Gasteiger partial charge is 0.294 e. The van der Waals surface area contributed by atoms with E-state index in [1.165, 1.54) is 24.8 Å². The number of hydrogen-bond acceptors (Lipinski definition) is 3. The van der Waals surface area contributed by atoms with Crippen LogP contribution >= 0.6 is 0 Å². The van der Waals surface area contributed by atoms with Crippen LogP contribution in [0.15, 0.2) is 30.3 Å². The SMILES string of the molecule is CCN1C(C(C)(C)C)C2C(c3ccccc3)N(C)OC23CCCC13. The first-order valence-electron chi connectivity index (χ1n) is 9.63. The molecule has 2 aliphatic heterocycles. The van der Waals surface area contributed by atoms with Crippen LogP contribution in [0.4, 0.5) is 0 Å². The van der Waals surface area contributed by atoms with Crippen molar-refractivity contribution in [3.8, 4) is 0 Å². The molecule has 0 aromatic heterocycles. The standard InChI is InChI=1S/C21H32N2O/c1-6-23-16-13-10-14-21(16)17(19(23)20(2,3)4)18(22(5)24-21)15-11-8-7-9-12-15/h7-9,11-12,16-19H,6,10,13-14H2,1-5H3. The van der Waals surface area contributed by atoms with Gasteiger partial charge in [-0.05, 0) is 36.8 Å². The molecule has 0 bridgehead atoms. The lowest BCUT2D eigenvalue weighted by Crippen LogP contribution is -2.47. The van der Waals surface area contributed by atoms with E-state index >= 15 is 0 Å². The normalized spacial score (nSPS) is 40.0. The molecule has 4 rings (SSSR count). The number of hydrogen-bond donors (Lipinski definition) is 0. The van der Waals surface area contributed by atoms with Gasteiger partial charge in [-0.1, -0.05) is 58.0 Å². The van der Waals surface area contributed by atoms with Gasteiger partial charge in [-0.25, -0.2) is 0 Å². The summed E-state index contributed by atoms with van der Waals surface area (Å²) in [6.07, 6.45) is 3.79. The fraction of sp³-hybridized carbons (Fsp3) is 0.714. The Morgan fingerprint density at radius 3 is 2.54 bits per heavy atom. The monoisotopic (exact) mass is 328 g/mol. The van der Waals surface area contributed by atoms with E-state index in [4.69, 9.17) is 4.84 Å². The maximum Gasteiger partial charge on any atom is 0.112 e. The van der Waals surface area contributed by atoms with Gasteiger partial charge in [-0.3, -0.25) is 9.74 Å². The predicted octanol–water partition coefficient (Wildman–Crippen LogP) is 4.26. The first-order valence-corrected chi connectivity index (χ1v) is 9.63. The molecule has 3 fully saturated rings. The summed E-state index contributed by atoms with van der Waals surface area (Å²) in [6.45, 7) is 10.7. The fourth-order valence-corrected chi connectivity index (χ4v) is 6.16. The first kappa shape index (κ1) is 16.6. The van der Waals surface area contributed by atoms with Crippen LogP contribution in [0.2, 0.25) is 0 Å². The quantitative estimate of drug-likeness (QED) is 0.806. The number of benzene rings is 1. The molecule has 132 valence electrons. The molecule has 3 nitrogen and oxygen atoms in total. The van der Waals surface area contributed by atoms with Gasteiger partial charge in [0.1, 0.15) is 5.60 Å². The summed E-state index contributed by atoms with van der Waals surface area (Å²) < 4.78 is 0. The Morgan fingerprint density at radius 1 is 1.21 bits per heavy atom. The molecule has 2 heterocycles. The third-order valence-electron chi connectivity index (χ3n) is 6.71. The van der Waals surface area contributed by atoms with Gasteiger partial charge in [0.25, 0.3) is 0 Å². The average molecular weight is 329 g/mol. The summed E-state index contributed by atoms with van der Waals surface area (Å²) in [4.78, 5) is 9.49. The van der Waals surface area contributed by atoms with E-state index in [0.29, 0.717) is 24.0 Å². The summed E-state index contributed by atoms with van der Waals surface area (Å²) in [6, 6.07) is 12.5. The van der Waals surface area contributed by atoms with Gasteiger partial charge < -0.3 is 0 Å². The molecule has 0 N–H and O–H groups in total. The predicted molar refractivity (Wildman–Crippen MR) is 97.5 cm³/mol. The molecule has 1 aliphatic carbocycles. The molecule has 1 saturated carbocycles. The Labute approximate surface area is 146 Å². The first-order chi connectivity index (χ1) is 11.4.